The third-order valence-corrected chi connectivity index (χ3v) is 2.64. The molecule has 2 rings (SSSR count). The molecule has 0 atom stereocenters. The van der Waals surface area contributed by atoms with Crippen LogP contribution < -0.4 is 5.56 Å². The second-order valence-corrected chi connectivity index (χ2v) is 3.94. The van der Waals surface area contributed by atoms with E-state index in [2.05, 4.69) is 0 Å². The van der Waals surface area contributed by atoms with Crippen LogP contribution in [0.5, 0.6) is 0 Å². The number of hydrogen-bond acceptors (Lipinski definition) is 2. The number of benzene rings is 1. The number of halogens is 1. The first-order valence-electron chi connectivity index (χ1n) is 5.54. The van der Waals surface area contributed by atoms with Crippen LogP contribution >= 0.6 is 0 Å². The molecular weight excluding hydrogens is 231 g/mol. The van der Waals surface area contributed by atoms with Crippen molar-refractivity contribution in [3.63, 3.8) is 0 Å². The Morgan fingerprint density at radius 3 is 2.83 bits per heavy atom. The maximum atomic E-state index is 13.0. The molecule has 1 heterocycles. The first kappa shape index (κ1) is 12.1. The minimum absolute atomic E-state index is 0.162. The van der Waals surface area contributed by atoms with Crippen molar-refractivity contribution in [1.29, 1.82) is 5.26 Å². The van der Waals surface area contributed by atoms with Gasteiger partial charge in [0.1, 0.15) is 11.9 Å². The summed E-state index contributed by atoms with van der Waals surface area (Å²) >= 11 is 0. The molecule has 0 aliphatic rings. The van der Waals surface area contributed by atoms with Crippen LogP contribution in [0.1, 0.15) is 11.1 Å². The highest BCUT2D eigenvalue weighted by Crippen LogP contribution is 2.05. The fourth-order valence-corrected chi connectivity index (χ4v) is 1.71. The lowest BCUT2D eigenvalue weighted by atomic mass is 10.1. The van der Waals surface area contributed by atoms with E-state index in [1.165, 1.54) is 35.0 Å². The Labute approximate surface area is 104 Å². The van der Waals surface area contributed by atoms with E-state index in [-0.39, 0.29) is 11.4 Å². The SMILES string of the molecule is N#Cc1ccc(=O)n(CCc2cccc(F)c2)c1. The van der Waals surface area contributed by atoms with Gasteiger partial charge in [0.25, 0.3) is 5.56 Å². The van der Waals surface area contributed by atoms with Crippen LogP contribution in [-0.4, -0.2) is 4.57 Å². The molecule has 90 valence electrons. The molecule has 1 aromatic carbocycles. The van der Waals surface area contributed by atoms with E-state index in [0.717, 1.165) is 5.56 Å². The molecule has 0 aliphatic carbocycles. The molecule has 0 unspecified atom stereocenters. The Hall–Kier alpha value is -2.41. The van der Waals surface area contributed by atoms with Gasteiger partial charge in [0.2, 0.25) is 0 Å². The zero-order valence-corrected chi connectivity index (χ0v) is 9.64. The molecule has 2 aromatic rings. The second kappa shape index (κ2) is 5.28. The molecule has 0 bridgehead atoms. The summed E-state index contributed by atoms with van der Waals surface area (Å²) in [4.78, 5) is 11.6. The van der Waals surface area contributed by atoms with Gasteiger partial charge in [-0.2, -0.15) is 5.26 Å². The number of rotatable bonds is 3. The van der Waals surface area contributed by atoms with Gasteiger partial charge < -0.3 is 4.57 Å². The van der Waals surface area contributed by atoms with Crippen LogP contribution in [0.4, 0.5) is 4.39 Å². The Morgan fingerprint density at radius 1 is 1.28 bits per heavy atom. The second-order valence-electron chi connectivity index (χ2n) is 3.94. The molecule has 0 radical (unpaired) electrons. The molecule has 0 saturated carbocycles. The highest BCUT2D eigenvalue weighted by Gasteiger charge is 2.00. The van der Waals surface area contributed by atoms with E-state index in [0.29, 0.717) is 18.5 Å². The number of aryl methyl sites for hydroxylation is 2. The largest absolute Gasteiger partial charge is 0.314 e. The van der Waals surface area contributed by atoms with Crippen LogP contribution in [0.25, 0.3) is 0 Å². The third kappa shape index (κ3) is 2.83. The van der Waals surface area contributed by atoms with Crippen molar-refractivity contribution < 1.29 is 4.39 Å². The molecule has 0 N–H and O–H groups in total. The van der Waals surface area contributed by atoms with Crippen molar-refractivity contribution in [2.75, 3.05) is 0 Å². The lowest BCUT2D eigenvalue weighted by molar-refractivity contribution is 0.619. The Balaban J connectivity index is 2.16. The summed E-state index contributed by atoms with van der Waals surface area (Å²) in [6.07, 6.45) is 2.06. The Morgan fingerprint density at radius 2 is 2.11 bits per heavy atom. The van der Waals surface area contributed by atoms with Crippen molar-refractivity contribution in [3.05, 3.63) is 69.9 Å². The van der Waals surface area contributed by atoms with Gasteiger partial charge in [-0.3, -0.25) is 4.79 Å². The van der Waals surface area contributed by atoms with Crippen molar-refractivity contribution in [1.82, 2.24) is 4.57 Å². The van der Waals surface area contributed by atoms with E-state index in [4.69, 9.17) is 5.26 Å². The molecule has 0 saturated heterocycles. The summed E-state index contributed by atoms with van der Waals surface area (Å²) in [7, 11) is 0. The topological polar surface area (TPSA) is 45.8 Å². The summed E-state index contributed by atoms with van der Waals surface area (Å²) < 4.78 is 14.4. The van der Waals surface area contributed by atoms with Gasteiger partial charge in [-0.25, -0.2) is 4.39 Å². The van der Waals surface area contributed by atoms with Crippen molar-refractivity contribution in [3.8, 4) is 6.07 Å². The van der Waals surface area contributed by atoms with Gasteiger partial charge in [-0.15, -0.1) is 0 Å². The molecule has 1 aromatic heterocycles. The van der Waals surface area contributed by atoms with Crippen LogP contribution in [0.3, 0.4) is 0 Å². The summed E-state index contributed by atoms with van der Waals surface area (Å²) in [6, 6.07) is 11.1. The van der Waals surface area contributed by atoms with Crippen LogP contribution in [0.2, 0.25) is 0 Å². The highest BCUT2D eigenvalue weighted by atomic mass is 19.1. The lowest BCUT2D eigenvalue weighted by Gasteiger charge is -2.05. The van der Waals surface area contributed by atoms with Crippen molar-refractivity contribution in [2.24, 2.45) is 0 Å². The molecule has 18 heavy (non-hydrogen) atoms. The zero-order valence-electron chi connectivity index (χ0n) is 9.64. The van der Waals surface area contributed by atoms with Crippen LogP contribution in [0, 0.1) is 17.1 Å². The van der Waals surface area contributed by atoms with Crippen molar-refractivity contribution >= 4 is 0 Å². The van der Waals surface area contributed by atoms with Gasteiger partial charge in [-0.05, 0) is 30.2 Å². The van der Waals surface area contributed by atoms with Crippen LogP contribution in [-0.2, 0) is 13.0 Å². The monoisotopic (exact) mass is 242 g/mol. The fraction of sp³-hybridized carbons (Fsp3) is 0.143. The third-order valence-electron chi connectivity index (χ3n) is 2.64. The van der Waals surface area contributed by atoms with E-state index in [1.54, 1.807) is 6.07 Å². The predicted octanol–water partition coefficient (Wildman–Crippen LogP) is 2.10. The molecule has 3 nitrogen and oxygen atoms in total. The van der Waals surface area contributed by atoms with Gasteiger partial charge >= 0.3 is 0 Å². The molecule has 0 spiro atoms. The fourth-order valence-electron chi connectivity index (χ4n) is 1.71. The molecule has 0 fully saturated rings. The minimum atomic E-state index is -0.286. The van der Waals surface area contributed by atoms with E-state index >= 15 is 0 Å². The standard InChI is InChI=1S/C14H11FN2O/c15-13-3-1-2-11(8-13)6-7-17-10-12(9-16)4-5-14(17)18/h1-5,8,10H,6-7H2. The normalized spacial score (nSPS) is 10.0. The first-order valence-corrected chi connectivity index (χ1v) is 5.54. The van der Waals surface area contributed by atoms with Gasteiger partial charge in [0.15, 0.2) is 0 Å². The van der Waals surface area contributed by atoms with E-state index < -0.39 is 0 Å². The van der Waals surface area contributed by atoms with Gasteiger partial charge in [0, 0.05) is 18.8 Å². The summed E-state index contributed by atoms with van der Waals surface area (Å²) in [5.74, 6) is -0.286. The summed E-state index contributed by atoms with van der Waals surface area (Å²) in [5.41, 5.74) is 1.10. The Bertz CT molecular complexity index is 655. The first-order chi connectivity index (χ1) is 8.69. The smallest absolute Gasteiger partial charge is 0.250 e. The molecular formula is C14H11FN2O. The van der Waals surface area contributed by atoms with E-state index in [1.807, 2.05) is 12.1 Å². The average molecular weight is 242 g/mol. The average Bonchev–Trinajstić information content (AvgIpc) is 2.38. The quantitative estimate of drug-likeness (QED) is 0.827. The summed E-state index contributed by atoms with van der Waals surface area (Å²) in [5, 5.41) is 8.76. The molecule has 4 heteroatoms. The minimum Gasteiger partial charge on any atom is -0.314 e. The Kier molecular flexibility index (Phi) is 3.54. The number of aromatic nitrogens is 1. The molecule has 0 amide bonds. The number of pyridine rings is 1. The zero-order chi connectivity index (χ0) is 13.0. The maximum absolute atomic E-state index is 13.0. The van der Waals surface area contributed by atoms with Crippen molar-refractivity contribution in [2.45, 2.75) is 13.0 Å². The van der Waals surface area contributed by atoms with Gasteiger partial charge in [0.05, 0.1) is 5.56 Å². The number of hydrogen-bond donors (Lipinski definition) is 0. The number of nitriles is 1. The number of nitrogens with zero attached hydrogens (tertiary/aromatic N) is 2. The highest BCUT2D eigenvalue weighted by molar-refractivity contribution is 5.25. The van der Waals surface area contributed by atoms with Gasteiger partial charge in [-0.1, -0.05) is 12.1 Å². The molecule has 0 aliphatic heterocycles. The lowest BCUT2D eigenvalue weighted by Crippen LogP contribution is -2.19. The maximum Gasteiger partial charge on any atom is 0.250 e. The summed E-state index contributed by atoms with van der Waals surface area (Å²) in [6.45, 7) is 0.428. The van der Waals surface area contributed by atoms with Crippen LogP contribution in [0.15, 0.2) is 47.4 Å². The predicted molar refractivity (Wildman–Crippen MR) is 65.5 cm³/mol. The van der Waals surface area contributed by atoms with E-state index in [9.17, 15) is 9.18 Å².